The Hall–Kier alpha value is -0.800. The molecule has 0 fully saturated rings. The van der Waals surface area contributed by atoms with E-state index in [1.165, 1.54) is 0 Å². The van der Waals surface area contributed by atoms with E-state index in [0.717, 1.165) is 0 Å². The highest BCUT2D eigenvalue weighted by Gasteiger charge is 2.22. The number of hydrogen-bond donors (Lipinski definition) is 1. The Kier molecular flexibility index (Phi) is 12.1. The molecule has 25 heavy (non-hydrogen) atoms. The molecule has 1 N–H and O–H groups in total. The first kappa shape index (κ1) is 24.2. The number of phosphoric ester groups is 1. The predicted octanol–water partition coefficient (Wildman–Crippen LogP) is 0.979. The molecule has 0 bridgehead atoms. The zero-order valence-electron chi connectivity index (χ0n) is 15.6. The monoisotopic (exact) mass is 384 g/mol. The summed E-state index contributed by atoms with van der Waals surface area (Å²) in [5.41, 5.74) is 0.339. The van der Waals surface area contributed by atoms with Gasteiger partial charge in [0.2, 0.25) is 0 Å². The van der Waals surface area contributed by atoms with Crippen LogP contribution in [0.3, 0.4) is 0 Å². The van der Waals surface area contributed by atoms with Crippen LogP contribution in [0.15, 0.2) is 12.2 Å². The zero-order valence-corrected chi connectivity index (χ0v) is 16.5. The molecule has 0 aliphatic carbocycles. The largest absolute Gasteiger partial charge is 0.472 e. The average molecular weight is 384 g/mol. The Bertz CT molecular complexity index is 449. The first-order valence-electron chi connectivity index (χ1n) is 7.94. The second-order valence-electron chi connectivity index (χ2n) is 6.29. The topological polar surface area (TPSA) is 101 Å². The number of phosphoric acid groups is 1. The number of hydrogen-bond acceptors (Lipinski definition) is 7. The summed E-state index contributed by atoms with van der Waals surface area (Å²) in [5.74, 6) is -0.450. The fourth-order valence-electron chi connectivity index (χ4n) is 1.32. The molecule has 0 radical (unpaired) electrons. The van der Waals surface area contributed by atoms with Gasteiger partial charge in [-0.05, 0) is 6.92 Å². The maximum atomic E-state index is 11.6. The number of nitrogens with zero attached hydrogens (tertiary/aromatic N) is 1. The van der Waals surface area contributed by atoms with Crippen LogP contribution in [0.5, 0.6) is 0 Å². The highest BCUT2D eigenvalue weighted by Crippen LogP contribution is 2.42. The number of carbonyl (C=O) groups is 1. The molecular formula is C15H31NO8P+. The SMILES string of the molecule is C=C(C)C(=O)OCCOCCOCCOP(=O)(O)OCC[N+](C)(C)C. The minimum atomic E-state index is -4.04. The normalized spacial score (nSPS) is 14.1. The van der Waals surface area contributed by atoms with Gasteiger partial charge in [-0.15, -0.1) is 0 Å². The van der Waals surface area contributed by atoms with Crippen LogP contribution in [-0.2, 0) is 32.6 Å². The van der Waals surface area contributed by atoms with Gasteiger partial charge in [-0.2, -0.15) is 0 Å². The lowest BCUT2D eigenvalue weighted by atomic mass is 10.4. The molecule has 0 saturated heterocycles. The first-order valence-corrected chi connectivity index (χ1v) is 9.43. The van der Waals surface area contributed by atoms with Crippen LogP contribution in [0.4, 0.5) is 0 Å². The van der Waals surface area contributed by atoms with Crippen LogP contribution in [0.25, 0.3) is 0 Å². The van der Waals surface area contributed by atoms with Gasteiger partial charge >= 0.3 is 13.8 Å². The fraction of sp³-hybridized carbons (Fsp3) is 0.800. The second kappa shape index (κ2) is 12.5. The molecule has 1 atom stereocenters. The highest BCUT2D eigenvalue weighted by molar-refractivity contribution is 7.47. The van der Waals surface area contributed by atoms with Gasteiger partial charge in [-0.25, -0.2) is 9.36 Å². The molecule has 0 spiro atoms. The van der Waals surface area contributed by atoms with E-state index < -0.39 is 13.8 Å². The summed E-state index contributed by atoms with van der Waals surface area (Å²) in [6.45, 7) is 6.81. The molecular weight excluding hydrogens is 353 g/mol. The van der Waals surface area contributed by atoms with E-state index >= 15 is 0 Å². The Morgan fingerprint density at radius 3 is 1.96 bits per heavy atom. The zero-order chi connectivity index (χ0) is 19.3. The minimum Gasteiger partial charge on any atom is -0.460 e. The van der Waals surface area contributed by atoms with E-state index in [2.05, 4.69) is 6.58 Å². The standard InChI is InChI=1S/C15H30NO8P/c1-14(2)15(17)22-12-10-20-8-9-21-11-13-24-25(18,19)23-7-6-16(3,4)5/h1,6-13H2,2-5H3/p+1. The number of esters is 1. The van der Waals surface area contributed by atoms with E-state index in [0.29, 0.717) is 23.2 Å². The van der Waals surface area contributed by atoms with Gasteiger partial charge in [0.1, 0.15) is 19.8 Å². The highest BCUT2D eigenvalue weighted by atomic mass is 31.2. The van der Waals surface area contributed by atoms with Crippen molar-refractivity contribution in [2.75, 3.05) is 73.9 Å². The summed E-state index contributed by atoms with van der Waals surface area (Å²) in [7, 11) is 1.81. The van der Waals surface area contributed by atoms with Crippen molar-refractivity contribution >= 4 is 13.8 Å². The molecule has 9 nitrogen and oxygen atoms in total. The summed E-state index contributed by atoms with van der Waals surface area (Å²) >= 11 is 0. The number of carbonyl (C=O) groups excluding carboxylic acids is 1. The van der Waals surface area contributed by atoms with Crippen LogP contribution in [0.2, 0.25) is 0 Å². The number of quaternary nitrogens is 1. The summed E-state index contributed by atoms with van der Waals surface area (Å²) in [5, 5.41) is 0. The average Bonchev–Trinajstić information content (AvgIpc) is 2.47. The number of rotatable bonds is 15. The van der Waals surface area contributed by atoms with Gasteiger partial charge in [-0.1, -0.05) is 6.58 Å². The molecule has 0 aliphatic rings. The number of ether oxygens (including phenoxy) is 3. The van der Waals surface area contributed by atoms with E-state index in [1.54, 1.807) is 6.92 Å². The molecule has 0 rings (SSSR count). The van der Waals surface area contributed by atoms with Crippen molar-refractivity contribution in [2.45, 2.75) is 6.92 Å². The molecule has 148 valence electrons. The summed E-state index contributed by atoms with van der Waals surface area (Å²) in [4.78, 5) is 20.5. The van der Waals surface area contributed by atoms with E-state index in [9.17, 15) is 14.3 Å². The summed E-state index contributed by atoms with van der Waals surface area (Å²) in [6, 6.07) is 0. The third-order valence-electron chi connectivity index (χ3n) is 2.68. The van der Waals surface area contributed by atoms with Gasteiger partial charge in [-0.3, -0.25) is 9.05 Å². The first-order chi connectivity index (χ1) is 11.5. The lowest BCUT2D eigenvalue weighted by molar-refractivity contribution is -0.870. The molecule has 0 aliphatic heterocycles. The van der Waals surface area contributed by atoms with Crippen molar-refractivity contribution in [2.24, 2.45) is 0 Å². The van der Waals surface area contributed by atoms with Gasteiger partial charge in [0.15, 0.2) is 0 Å². The van der Waals surface area contributed by atoms with Crippen LogP contribution >= 0.6 is 7.82 Å². The molecule has 10 heteroatoms. The molecule has 0 amide bonds. The lowest BCUT2D eigenvalue weighted by Crippen LogP contribution is -2.37. The molecule has 0 saturated carbocycles. The maximum Gasteiger partial charge on any atom is 0.472 e. The van der Waals surface area contributed by atoms with Crippen LogP contribution in [-0.4, -0.2) is 89.3 Å². The summed E-state index contributed by atoms with van der Waals surface area (Å²) in [6.07, 6.45) is 0. The Labute approximate surface area is 149 Å². The van der Waals surface area contributed by atoms with Crippen molar-refractivity contribution in [1.82, 2.24) is 0 Å². The third-order valence-corrected chi connectivity index (χ3v) is 3.70. The maximum absolute atomic E-state index is 11.6. The summed E-state index contributed by atoms with van der Waals surface area (Å²) < 4.78 is 37.1. The van der Waals surface area contributed by atoms with Crippen molar-refractivity contribution in [3.63, 3.8) is 0 Å². The van der Waals surface area contributed by atoms with Crippen molar-refractivity contribution < 1.29 is 42.0 Å². The fourth-order valence-corrected chi connectivity index (χ4v) is 2.01. The van der Waals surface area contributed by atoms with Crippen LogP contribution < -0.4 is 0 Å². The lowest BCUT2D eigenvalue weighted by Gasteiger charge is -2.24. The third kappa shape index (κ3) is 16.4. The van der Waals surface area contributed by atoms with Gasteiger partial charge in [0.25, 0.3) is 0 Å². The van der Waals surface area contributed by atoms with Gasteiger partial charge < -0.3 is 23.6 Å². The van der Waals surface area contributed by atoms with Crippen molar-refractivity contribution in [3.05, 3.63) is 12.2 Å². The van der Waals surface area contributed by atoms with Crippen molar-refractivity contribution in [3.8, 4) is 0 Å². The van der Waals surface area contributed by atoms with Crippen LogP contribution in [0.1, 0.15) is 6.92 Å². The smallest absolute Gasteiger partial charge is 0.460 e. The molecule has 0 aromatic carbocycles. The Balaban J connectivity index is 3.49. The molecule has 0 heterocycles. The van der Waals surface area contributed by atoms with E-state index in [-0.39, 0.29) is 39.6 Å². The van der Waals surface area contributed by atoms with Gasteiger partial charge in [0.05, 0.1) is 54.2 Å². The molecule has 0 aromatic rings. The predicted molar refractivity (Wildman–Crippen MR) is 92.0 cm³/mol. The van der Waals surface area contributed by atoms with Crippen molar-refractivity contribution in [1.29, 1.82) is 0 Å². The number of likely N-dealkylation sites (N-methyl/N-ethyl adjacent to an activating group) is 1. The molecule has 0 aromatic heterocycles. The van der Waals surface area contributed by atoms with E-state index in [4.69, 9.17) is 23.3 Å². The molecule has 1 unspecified atom stereocenters. The minimum absolute atomic E-state index is 0.0611. The quantitative estimate of drug-likeness (QED) is 0.147. The van der Waals surface area contributed by atoms with E-state index in [1.807, 2.05) is 21.1 Å². The Morgan fingerprint density at radius 2 is 1.44 bits per heavy atom. The second-order valence-corrected chi connectivity index (χ2v) is 7.74. The Morgan fingerprint density at radius 1 is 0.960 bits per heavy atom. The van der Waals surface area contributed by atoms with Crippen LogP contribution in [0, 0.1) is 0 Å². The van der Waals surface area contributed by atoms with Gasteiger partial charge in [0, 0.05) is 5.57 Å².